The lowest BCUT2D eigenvalue weighted by Gasteiger charge is -2.50. The number of aliphatic hydroxyl groups is 6. The van der Waals surface area contributed by atoms with Crippen LogP contribution in [0.25, 0.3) is 0 Å². The molecule has 364 valence electrons. The molecule has 19 heteroatoms. The number of esters is 1. The molecule has 0 saturated carbocycles. The predicted octanol–water partition coefficient (Wildman–Crippen LogP) is 0.226. The maximum absolute atomic E-state index is 13.6. The molecule has 0 amide bonds. The first-order chi connectivity index (χ1) is 29.7. The molecular weight excluding hydrogens is 830 g/mol. The number of rotatable bonds is 13. The monoisotopic (exact) mass is 905 g/mol. The molecule has 4 aliphatic rings. The molecule has 63 heavy (non-hydrogen) atoms. The van der Waals surface area contributed by atoms with Gasteiger partial charge in [-0.2, -0.15) is 0 Å². The molecule has 0 aromatic heterocycles. The van der Waals surface area contributed by atoms with Gasteiger partial charge in [-0.3, -0.25) is 9.59 Å². The fourth-order valence-corrected chi connectivity index (χ4v) is 9.10. The topological polar surface area (TPSA) is 251 Å². The van der Waals surface area contributed by atoms with Crippen molar-refractivity contribution >= 4 is 11.8 Å². The van der Waals surface area contributed by atoms with E-state index in [1.54, 1.807) is 71.8 Å². The summed E-state index contributed by atoms with van der Waals surface area (Å²) in [6.45, 7) is 9.58. The van der Waals surface area contributed by atoms with Gasteiger partial charge in [-0.1, -0.05) is 25.2 Å². The van der Waals surface area contributed by atoms with Gasteiger partial charge in [0.05, 0.1) is 55.2 Å². The van der Waals surface area contributed by atoms with Crippen LogP contribution in [0, 0.1) is 17.8 Å². The van der Waals surface area contributed by atoms with E-state index in [0.717, 1.165) is 0 Å². The van der Waals surface area contributed by atoms with Gasteiger partial charge >= 0.3 is 5.97 Å². The van der Waals surface area contributed by atoms with E-state index >= 15 is 0 Å². The Morgan fingerprint density at radius 2 is 1.43 bits per heavy atom. The number of hydrogen-bond acceptors (Lipinski definition) is 19. The number of allylic oxidation sites excluding steroid dienone is 3. The van der Waals surface area contributed by atoms with Gasteiger partial charge < -0.3 is 82.9 Å². The van der Waals surface area contributed by atoms with Gasteiger partial charge in [-0.05, 0) is 73.5 Å². The Bertz CT molecular complexity index is 1480. The first kappa shape index (κ1) is 53.6. The largest absolute Gasteiger partial charge is 0.462 e. The van der Waals surface area contributed by atoms with Crippen molar-refractivity contribution < 1.29 is 87.6 Å². The van der Waals surface area contributed by atoms with Crippen LogP contribution >= 0.6 is 0 Å². The normalized spacial score (nSPS) is 45.0. The van der Waals surface area contributed by atoms with Crippen molar-refractivity contribution in [3.05, 3.63) is 24.3 Å². The van der Waals surface area contributed by atoms with E-state index in [1.807, 2.05) is 0 Å². The van der Waals surface area contributed by atoms with Crippen molar-refractivity contribution in [3.8, 4) is 0 Å². The van der Waals surface area contributed by atoms with E-state index in [9.17, 15) is 40.2 Å². The second-order valence-electron chi connectivity index (χ2n) is 18.0. The number of ether oxygens (including phenoxy) is 10. The van der Waals surface area contributed by atoms with E-state index in [2.05, 4.69) is 0 Å². The first-order valence-electron chi connectivity index (χ1n) is 22.0. The van der Waals surface area contributed by atoms with E-state index in [4.69, 9.17) is 47.4 Å². The Labute approximate surface area is 371 Å². The number of hydrogen-bond donors (Lipinski definition) is 6. The Balaban J connectivity index is 1.60. The molecule has 21 atom stereocenters. The van der Waals surface area contributed by atoms with Crippen LogP contribution < -0.4 is 0 Å². The van der Waals surface area contributed by atoms with Crippen LogP contribution in [0.15, 0.2) is 24.3 Å². The number of carbonyl (C=O) groups is 2. The Kier molecular flexibility index (Phi) is 20.5. The van der Waals surface area contributed by atoms with Crippen molar-refractivity contribution in [1.82, 2.24) is 4.90 Å². The molecule has 3 fully saturated rings. The van der Waals surface area contributed by atoms with Crippen LogP contribution in [0.5, 0.6) is 0 Å². The quantitative estimate of drug-likeness (QED) is 0.135. The minimum atomic E-state index is -1.53. The molecule has 0 bridgehead atoms. The zero-order chi connectivity index (χ0) is 46.9. The Morgan fingerprint density at radius 3 is 2.03 bits per heavy atom. The summed E-state index contributed by atoms with van der Waals surface area (Å²) in [6.07, 6.45) is -9.88. The van der Waals surface area contributed by atoms with E-state index in [0.29, 0.717) is 0 Å². The molecular formula is C44H75NO18. The number of ketones is 1. The van der Waals surface area contributed by atoms with Crippen LogP contribution in [0.1, 0.15) is 67.2 Å². The third kappa shape index (κ3) is 13.6. The Hall–Kier alpha value is -2.02. The molecule has 19 nitrogen and oxygen atoms in total. The van der Waals surface area contributed by atoms with Crippen molar-refractivity contribution in [2.75, 3.05) is 48.6 Å². The second kappa shape index (κ2) is 24.1. The second-order valence-corrected chi connectivity index (χ2v) is 18.0. The fraction of sp³-hybridized carbons (Fsp3) is 0.864. The van der Waals surface area contributed by atoms with Crippen molar-refractivity contribution in [1.29, 1.82) is 0 Å². The molecule has 4 rings (SSSR count). The first-order valence-corrected chi connectivity index (χ1v) is 22.0. The summed E-state index contributed by atoms with van der Waals surface area (Å²) in [5.74, 6) is -2.85. The molecule has 6 N–H and O–H groups in total. The Morgan fingerprint density at radius 1 is 0.778 bits per heavy atom. The van der Waals surface area contributed by atoms with Gasteiger partial charge in [-0.25, -0.2) is 0 Å². The van der Waals surface area contributed by atoms with E-state index in [-0.39, 0.29) is 38.3 Å². The summed E-state index contributed by atoms with van der Waals surface area (Å²) < 4.78 is 60.0. The van der Waals surface area contributed by atoms with Gasteiger partial charge in [0.2, 0.25) is 0 Å². The van der Waals surface area contributed by atoms with Gasteiger partial charge in [-0.15, -0.1) is 0 Å². The number of aliphatic hydroxyl groups excluding tert-OH is 5. The number of nitrogens with zero attached hydrogens (tertiary/aromatic N) is 1. The fourth-order valence-electron chi connectivity index (χ4n) is 9.10. The van der Waals surface area contributed by atoms with Crippen LogP contribution in [-0.4, -0.2) is 206 Å². The third-order valence-corrected chi connectivity index (χ3v) is 12.9. The zero-order valence-electron chi connectivity index (χ0n) is 38.6. The van der Waals surface area contributed by atoms with Gasteiger partial charge in [0.1, 0.15) is 48.8 Å². The van der Waals surface area contributed by atoms with Crippen molar-refractivity contribution in [2.45, 2.75) is 177 Å². The summed E-state index contributed by atoms with van der Waals surface area (Å²) in [5.41, 5.74) is -1.50. The molecule has 4 aliphatic heterocycles. The molecule has 0 radical (unpaired) electrons. The molecule has 0 aromatic carbocycles. The lowest BCUT2D eigenvalue weighted by molar-refractivity contribution is -0.344. The minimum absolute atomic E-state index is 0.0341. The maximum atomic E-state index is 13.6. The maximum Gasteiger partial charge on any atom is 0.308 e. The van der Waals surface area contributed by atoms with Crippen molar-refractivity contribution in [2.24, 2.45) is 17.8 Å². The summed E-state index contributed by atoms with van der Waals surface area (Å²) in [7, 11) is 7.72. The lowest BCUT2D eigenvalue weighted by atomic mass is 9.82. The summed E-state index contributed by atoms with van der Waals surface area (Å²) in [5, 5.41) is 66.0. The average molecular weight is 906 g/mol. The summed E-state index contributed by atoms with van der Waals surface area (Å²) in [6, 6.07) is -0.767. The van der Waals surface area contributed by atoms with Gasteiger partial charge in [0, 0.05) is 46.2 Å². The predicted molar refractivity (Wildman–Crippen MR) is 224 cm³/mol. The van der Waals surface area contributed by atoms with E-state index in [1.165, 1.54) is 34.3 Å². The molecule has 0 spiro atoms. The molecule has 4 heterocycles. The minimum Gasteiger partial charge on any atom is -0.462 e. The number of carbonyl (C=O) groups excluding carboxylic acids is 2. The highest BCUT2D eigenvalue weighted by molar-refractivity contribution is 5.91. The number of methoxy groups -OCH3 is 3. The SMILES string of the molecule is COC1C(OC[C@H]2C=CC=CC(=O)[C@H](C)CC(CCO)[C@H](OC3OC(C)C(OC4CC(C)(O)C(O)C(C)O4)C(N(C)C)C3O)[C@@H](OC)[C@H](O)CC(=O)O[C@@H]2C)OC(C)C(O)C1OC. The zero-order valence-corrected chi connectivity index (χ0v) is 38.6. The average Bonchev–Trinajstić information content (AvgIpc) is 3.21. The highest BCUT2D eigenvalue weighted by Gasteiger charge is 2.52. The van der Waals surface area contributed by atoms with Crippen LogP contribution in [0.3, 0.4) is 0 Å². The summed E-state index contributed by atoms with van der Waals surface area (Å²) >= 11 is 0. The molecule has 3 saturated heterocycles. The summed E-state index contributed by atoms with van der Waals surface area (Å²) in [4.78, 5) is 28.9. The smallest absolute Gasteiger partial charge is 0.308 e. The lowest BCUT2D eigenvalue weighted by Crippen LogP contribution is -2.65. The highest BCUT2D eigenvalue weighted by Crippen LogP contribution is 2.37. The van der Waals surface area contributed by atoms with Crippen LogP contribution in [-0.2, 0) is 57.0 Å². The third-order valence-electron chi connectivity index (χ3n) is 12.9. The molecule has 0 aromatic rings. The van der Waals surface area contributed by atoms with Gasteiger partial charge in [0.15, 0.2) is 24.7 Å². The van der Waals surface area contributed by atoms with Crippen molar-refractivity contribution in [3.63, 3.8) is 0 Å². The van der Waals surface area contributed by atoms with Crippen LogP contribution in [0.4, 0.5) is 0 Å². The standard InChI is InChI=1S/C44H75NO18/c1-22-18-27(16-17-46)37(63-42-35(51)33(45(7)8)36(25(4)61-42)62-32-20-44(6,53)41(52)26(5)59-32)38(54-9)30(48)19-31(49)58-23(2)28(14-12-13-15-29(22)47)21-57-43-40(56-11)39(55-10)34(50)24(3)60-43/h12-15,22-28,30,32-43,46,48,50-53H,16-21H2,1-11H3/t22-,23-,24?,25?,26?,27?,28-,30-,32?,33?,34?,35?,36?,37+,38+,39?,40?,41?,42?,43?,44?/m1/s1. The molecule has 15 unspecified atom stereocenters. The number of likely N-dealkylation sites (N-methyl/N-ethyl adjacent to an activating group) is 1. The van der Waals surface area contributed by atoms with Gasteiger partial charge in [0.25, 0.3) is 0 Å². The van der Waals surface area contributed by atoms with E-state index < -0.39 is 140 Å². The highest BCUT2D eigenvalue weighted by atomic mass is 16.7. The number of cyclic esters (lactones) is 1. The van der Waals surface area contributed by atoms with Crippen LogP contribution in [0.2, 0.25) is 0 Å². The molecule has 0 aliphatic carbocycles.